The van der Waals surface area contributed by atoms with E-state index in [-0.39, 0.29) is 12.1 Å². The number of carbonyl (C=O) groups is 1. The van der Waals surface area contributed by atoms with Crippen molar-refractivity contribution in [2.45, 2.75) is 193 Å². The van der Waals surface area contributed by atoms with Gasteiger partial charge in [-0.1, -0.05) is 154 Å². The van der Waals surface area contributed by atoms with Crippen molar-refractivity contribution >= 4 is 5.97 Å². The van der Waals surface area contributed by atoms with Gasteiger partial charge >= 0.3 is 5.97 Å². The van der Waals surface area contributed by atoms with E-state index in [0.717, 1.165) is 44.9 Å². The standard InChI is InChI=1S/C34H66O3/c1-3-5-7-9-10-11-12-13-14-15-18-21-24-28-32-37-34(36)31-27-23-20-17-16-19-22-26-30-33(35)29-25-8-6-4-2/h22,26,33,35H,3-21,23-25,27-32H2,1-2H3/b26-22-. The van der Waals surface area contributed by atoms with Gasteiger partial charge in [0.25, 0.3) is 0 Å². The summed E-state index contributed by atoms with van der Waals surface area (Å²) in [7, 11) is 0. The van der Waals surface area contributed by atoms with Crippen molar-refractivity contribution in [2.75, 3.05) is 6.61 Å². The maximum Gasteiger partial charge on any atom is 0.305 e. The van der Waals surface area contributed by atoms with Crippen LogP contribution in [0.3, 0.4) is 0 Å². The van der Waals surface area contributed by atoms with E-state index in [2.05, 4.69) is 26.0 Å². The lowest BCUT2D eigenvalue weighted by Gasteiger charge is -2.07. The summed E-state index contributed by atoms with van der Waals surface area (Å²) in [6.45, 7) is 5.11. The molecule has 0 aliphatic heterocycles. The Morgan fingerprint density at radius 2 is 1.05 bits per heavy atom. The average Bonchev–Trinajstić information content (AvgIpc) is 2.90. The molecule has 220 valence electrons. The predicted octanol–water partition coefficient (Wildman–Crippen LogP) is 11.0. The SMILES string of the molecule is CCCCCCCCCCCCCCCCOC(=O)CCCCCCC/C=C\CC(O)CCCCCC. The van der Waals surface area contributed by atoms with E-state index in [1.807, 2.05) is 0 Å². The second-order valence-corrected chi connectivity index (χ2v) is 11.3. The molecule has 37 heavy (non-hydrogen) atoms. The molecule has 0 saturated carbocycles. The third-order valence-corrected chi connectivity index (χ3v) is 7.48. The van der Waals surface area contributed by atoms with E-state index < -0.39 is 0 Å². The lowest BCUT2D eigenvalue weighted by atomic mass is 10.0. The second kappa shape index (κ2) is 31.4. The van der Waals surface area contributed by atoms with Gasteiger partial charge in [-0.05, 0) is 38.5 Å². The zero-order valence-electron chi connectivity index (χ0n) is 25.3. The van der Waals surface area contributed by atoms with Crippen LogP contribution in [0.25, 0.3) is 0 Å². The Labute approximate surface area is 232 Å². The summed E-state index contributed by atoms with van der Waals surface area (Å²) in [5.41, 5.74) is 0. The minimum absolute atomic E-state index is 0.00845. The van der Waals surface area contributed by atoms with Gasteiger partial charge in [0, 0.05) is 6.42 Å². The van der Waals surface area contributed by atoms with Gasteiger partial charge in [-0.3, -0.25) is 4.79 Å². The summed E-state index contributed by atoms with van der Waals surface area (Å²) in [4.78, 5) is 11.9. The fraction of sp³-hybridized carbons (Fsp3) is 0.912. The van der Waals surface area contributed by atoms with Crippen molar-refractivity contribution in [3.05, 3.63) is 12.2 Å². The van der Waals surface area contributed by atoms with Crippen molar-refractivity contribution < 1.29 is 14.6 Å². The molecule has 1 unspecified atom stereocenters. The molecular formula is C34H66O3. The van der Waals surface area contributed by atoms with Gasteiger partial charge in [0.1, 0.15) is 0 Å². The van der Waals surface area contributed by atoms with Crippen molar-refractivity contribution in [1.82, 2.24) is 0 Å². The Hall–Kier alpha value is -0.830. The summed E-state index contributed by atoms with van der Waals surface area (Å²) in [6, 6.07) is 0. The highest BCUT2D eigenvalue weighted by Gasteiger charge is 2.03. The topological polar surface area (TPSA) is 46.5 Å². The molecular weight excluding hydrogens is 456 g/mol. The van der Waals surface area contributed by atoms with Crippen LogP contribution in [0.4, 0.5) is 0 Å². The monoisotopic (exact) mass is 523 g/mol. The average molecular weight is 523 g/mol. The van der Waals surface area contributed by atoms with Crippen LogP contribution in [0.1, 0.15) is 187 Å². The van der Waals surface area contributed by atoms with Gasteiger partial charge in [-0.25, -0.2) is 0 Å². The molecule has 0 aliphatic rings. The minimum Gasteiger partial charge on any atom is -0.466 e. The van der Waals surface area contributed by atoms with E-state index in [9.17, 15) is 9.90 Å². The van der Waals surface area contributed by atoms with E-state index in [1.165, 1.54) is 122 Å². The summed E-state index contributed by atoms with van der Waals surface area (Å²) >= 11 is 0. The van der Waals surface area contributed by atoms with Crippen LogP contribution >= 0.6 is 0 Å². The highest BCUT2D eigenvalue weighted by molar-refractivity contribution is 5.69. The van der Waals surface area contributed by atoms with Gasteiger partial charge in [0.05, 0.1) is 12.7 Å². The molecule has 0 fully saturated rings. The Morgan fingerprint density at radius 1 is 0.595 bits per heavy atom. The Bertz CT molecular complexity index is 474. The number of unbranched alkanes of at least 4 members (excludes halogenated alkanes) is 21. The first-order chi connectivity index (χ1) is 18.2. The van der Waals surface area contributed by atoms with Crippen molar-refractivity contribution in [3.63, 3.8) is 0 Å². The molecule has 0 aliphatic carbocycles. The quantitative estimate of drug-likeness (QED) is 0.0579. The van der Waals surface area contributed by atoms with Crippen LogP contribution < -0.4 is 0 Å². The minimum atomic E-state index is -0.165. The summed E-state index contributed by atoms with van der Waals surface area (Å²) < 4.78 is 5.41. The highest BCUT2D eigenvalue weighted by Crippen LogP contribution is 2.14. The predicted molar refractivity (Wildman–Crippen MR) is 162 cm³/mol. The van der Waals surface area contributed by atoms with E-state index >= 15 is 0 Å². The second-order valence-electron chi connectivity index (χ2n) is 11.3. The van der Waals surface area contributed by atoms with Gasteiger partial charge in [-0.15, -0.1) is 0 Å². The fourth-order valence-corrected chi connectivity index (χ4v) is 4.91. The number of esters is 1. The zero-order chi connectivity index (χ0) is 27.1. The highest BCUT2D eigenvalue weighted by atomic mass is 16.5. The number of aliphatic hydroxyl groups excluding tert-OH is 1. The molecule has 0 aromatic carbocycles. The van der Waals surface area contributed by atoms with Crippen LogP contribution in [-0.4, -0.2) is 23.8 Å². The Morgan fingerprint density at radius 3 is 1.62 bits per heavy atom. The number of aliphatic hydroxyl groups is 1. The molecule has 3 nitrogen and oxygen atoms in total. The Balaban J connectivity index is 3.26. The van der Waals surface area contributed by atoms with E-state index in [0.29, 0.717) is 13.0 Å². The van der Waals surface area contributed by atoms with E-state index in [1.54, 1.807) is 0 Å². The van der Waals surface area contributed by atoms with Gasteiger partial charge in [-0.2, -0.15) is 0 Å². The number of allylic oxidation sites excluding steroid dienone is 1. The Kier molecular flexibility index (Phi) is 30.7. The first-order valence-corrected chi connectivity index (χ1v) is 16.7. The summed E-state index contributed by atoms with van der Waals surface area (Å²) in [5, 5.41) is 9.97. The van der Waals surface area contributed by atoms with Crippen molar-refractivity contribution in [1.29, 1.82) is 0 Å². The largest absolute Gasteiger partial charge is 0.466 e. The first-order valence-electron chi connectivity index (χ1n) is 16.7. The molecule has 0 amide bonds. The molecule has 0 rings (SSSR count). The molecule has 0 heterocycles. The van der Waals surface area contributed by atoms with Crippen LogP contribution in [0.2, 0.25) is 0 Å². The number of carbonyl (C=O) groups excluding carboxylic acids is 1. The van der Waals surface area contributed by atoms with Crippen LogP contribution in [0.5, 0.6) is 0 Å². The molecule has 1 atom stereocenters. The van der Waals surface area contributed by atoms with Gasteiger partial charge < -0.3 is 9.84 Å². The third kappa shape index (κ3) is 31.3. The smallest absolute Gasteiger partial charge is 0.305 e. The summed E-state index contributed by atoms with van der Waals surface area (Å²) in [5.74, 6) is -0.00845. The van der Waals surface area contributed by atoms with Crippen molar-refractivity contribution in [2.24, 2.45) is 0 Å². The number of rotatable bonds is 30. The van der Waals surface area contributed by atoms with Gasteiger partial charge in [0.2, 0.25) is 0 Å². The molecule has 3 heteroatoms. The number of hydrogen-bond acceptors (Lipinski definition) is 3. The lowest BCUT2D eigenvalue weighted by molar-refractivity contribution is -0.143. The normalized spacial score (nSPS) is 12.4. The molecule has 0 aromatic heterocycles. The number of hydrogen-bond donors (Lipinski definition) is 1. The van der Waals surface area contributed by atoms with Crippen LogP contribution in [0, 0.1) is 0 Å². The fourth-order valence-electron chi connectivity index (χ4n) is 4.91. The molecule has 0 saturated heterocycles. The first kappa shape index (κ1) is 36.2. The van der Waals surface area contributed by atoms with Gasteiger partial charge in [0.15, 0.2) is 0 Å². The summed E-state index contributed by atoms with van der Waals surface area (Å²) in [6.07, 6.45) is 37.1. The molecule has 0 spiro atoms. The maximum absolute atomic E-state index is 11.9. The molecule has 0 aromatic rings. The van der Waals surface area contributed by atoms with Crippen LogP contribution in [0.15, 0.2) is 12.2 Å². The zero-order valence-corrected chi connectivity index (χ0v) is 25.3. The van der Waals surface area contributed by atoms with Crippen molar-refractivity contribution in [3.8, 4) is 0 Å². The number of ether oxygens (including phenoxy) is 1. The maximum atomic E-state index is 11.9. The lowest BCUT2D eigenvalue weighted by Crippen LogP contribution is -2.05. The van der Waals surface area contributed by atoms with Crippen LogP contribution in [-0.2, 0) is 9.53 Å². The molecule has 1 N–H and O–H groups in total. The van der Waals surface area contributed by atoms with E-state index in [4.69, 9.17) is 4.74 Å². The molecule has 0 bridgehead atoms. The third-order valence-electron chi connectivity index (χ3n) is 7.48. The molecule has 0 radical (unpaired) electrons.